The van der Waals surface area contributed by atoms with Crippen molar-refractivity contribution in [3.8, 4) is 0 Å². The van der Waals surface area contributed by atoms with Crippen molar-refractivity contribution in [1.82, 2.24) is 10.3 Å². The molecule has 0 unspecified atom stereocenters. The molecule has 0 saturated heterocycles. The Labute approximate surface area is 132 Å². The topological polar surface area (TPSA) is 54.0 Å². The highest BCUT2D eigenvalue weighted by molar-refractivity contribution is 7.80. The van der Waals surface area contributed by atoms with Crippen molar-refractivity contribution in [2.75, 3.05) is 5.32 Å². The van der Waals surface area contributed by atoms with Crippen LogP contribution in [-0.2, 0) is 4.79 Å². The largest absolute Gasteiger partial charge is 0.317 e. The molecule has 1 heterocycles. The molecule has 21 heavy (non-hydrogen) atoms. The van der Waals surface area contributed by atoms with Crippen LogP contribution < -0.4 is 10.6 Å². The van der Waals surface area contributed by atoms with E-state index in [9.17, 15) is 4.79 Å². The van der Waals surface area contributed by atoms with Crippen LogP contribution in [-0.4, -0.2) is 16.0 Å². The molecule has 2 rings (SSSR count). The third kappa shape index (κ3) is 4.98. The zero-order chi connectivity index (χ0) is 15.1. The second kappa shape index (κ2) is 7.52. The molecule has 0 saturated carbocycles. The molecule has 2 aromatic rings. The van der Waals surface area contributed by atoms with E-state index in [0.29, 0.717) is 10.8 Å². The molecule has 0 aliphatic heterocycles. The number of anilines is 1. The van der Waals surface area contributed by atoms with Crippen LogP contribution in [0.4, 0.5) is 5.82 Å². The van der Waals surface area contributed by atoms with Crippen LogP contribution in [0.1, 0.15) is 5.56 Å². The molecular weight excluding hydrogens is 306 g/mol. The maximum Gasteiger partial charge on any atom is 0.250 e. The molecule has 0 bridgehead atoms. The number of hydrogen-bond acceptors (Lipinski definition) is 3. The van der Waals surface area contributed by atoms with E-state index in [1.165, 1.54) is 6.08 Å². The van der Waals surface area contributed by atoms with Crippen molar-refractivity contribution in [3.63, 3.8) is 0 Å². The van der Waals surface area contributed by atoms with Crippen LogP contribution in [0.3, 0.4) is 0 Å². The van der Waals surface area contributed by atoms with Crippen LogP contribution >= 0.6 is 23.8 Å². The van der Waals surface area contributed by atoms with E-state index in [2.05, 4.69) is 15.6 Å². The fraction of sp³-hybridized carbons (Fsp3) is 0. The minimum Gasteiger partial charge on any atom is -0.317 e. The van der Waals surface area contributed by atoms with E-state index in [1.54, 1.807) is 30.5 Å². The summed E-state index contributed by atoms with van der Waals surface area (Å²) in [5, 5.41) is 6.10. The lowest BCUT2D eigenvalue weighted by atomic mass is 10.2. The Balaban J connectivity index is 1.90. The smallest absolute Gasteiger partial charge is 0.250 e. The van der Waals surface area contributed by atoms with Crippen LogP contribution in [0.15, 0.2) is 54.7 Å². The minimum atomic E-state index is -0.344. The molecule has 2 N–H and O–H groups in total. The summed E-state index contributed by atoms with van der Waals surface area (Å²) in [4.78, 5) is 15.8. The number of carbonyl (C=O) groups excluding carboxylic acids is 1. The number of thiocarbonyl (C=S) groups is 1. The van der Waals surface area contributed by atoms with E-state index in [-0.39, 0.29) is 11.0 Å². The van der Waals surface area contributed by atoms with Gasteiger partial charge in [0.25, 0.3) is 0 Å². The van der Waals surface area contributed by atoms with Crippen molar-refractivity contribution >= 4 is 46.7 Å². The van der Waals surface area contributed by atoms with E-state index < -0.39 is 0 Å². The predicted molar refractivity (Wildman–Crippen MR) is 89.1 cm³/mol. The summed E-state index contributed by atoms with van der Waals surface area (Å²) in [7, 11) is 0. The van der Waals surface area contributed by atoms with E-state index in [1.807, 2.05) is 24.3 Å². The van der Waals surface area contributed by atoms with Gasteiger partial charge < -0.3 is 5.32 Å². The number of halogens is 1. The number of aromatic nitrogens is 1. The third-order valence-corrected chi connectivity index (χ3v) is 3.01. The molecule has 0 fully saturated rings. The summed E-state index contributed by atoms with van der Waals surface area (Å²) >= 11 is 11.0. The molecule has 6 heteroatoms. The third-order valence-electron chi connectivity index (χ3n) is 2.46. The van der Waals surface area contributed by atoms with Gasteiger partial charge in [-0.3, -0.25) is 10.1 Å². The van der Waals surface area contributed by atoms with E-state index in [0.717, 1.165) is 5.56 Å². The molecule has 0 aliphatic carbocycles. The molecule has 106 valence electrons. The number of nitrogens with one attached hydrogen (secondary N) is 2. The molecule has 0 atom stereocenters. The molecule has 1 aromatic heterocycles. The Morgan fingerprint density at radius 3 is 2.67 bits per heavy atom. The Hall–Kier alpha value is -2.24. The van der Waals surface area contributed by atoms with Gasteiger partial charge in [-0.25, -0.2) is 4.98 Å². The summed E-state index contributed by atoms with van der Waals surface area (Å²) in [6.45, 7) is 0. The van der Waals surface area contributed by atoms with Gasteiger partial charge in [-0.1, -0.05) is 35.9 Å². The predicted octanol–water partition coefficient (Wildman–Crippen LogP) is 3.26. The molecule has 1 aromatic carbocycles. The summed E-state index contributed by atoms with van der Waals surface area (Å²) in [6.07, 6.45) is 4.62. The lowest BCUT2D eigenvalue weighted by Gasteiger charge is -2.06. The Kier molecular flexibility index (Phi) is 5.43. The number of nitrogens with zero attached hydrogens (tertiary/aromatic N) is 1. The van der Waals surface area contributed by atoms with E-state index >= 15 is 0 Å². The zero-order valence-corrected chi connectivity index (χ0v) is 12.5. The lowest BCUT2D eigenvalue weighted by molar-refractivity contribution is -0.115. The van der Waals surface area contributed by atoms with E-state index in [4.69, 9.17) is 23.8 Å². The number of rotatable bonds is 3. The highest BCUT2D eigenvalue weighted by Crippen LogP contribution is 2.15. The normalized spacial score (nSPS) is 10.3. The number of pyridine rings is 1. The van der Waals surface area contributed by atoms with Crippen LogP contribution in [0, 0.1) is 0 Å². The van der Waals surface area contributed by atoms with Crippen LogP contribution in [0.2, 0.25) is 5.02 Å². The highest BCUT2D eigenvalue weighted by atomic mass is 35.5. The summed E-state index contributed by atoms with van der Waals surface area (Å²) < 4.78 is 0. The van der Waals surface area contributed by atoms with Gasteiger partial charge in [0.2, 0.25) is 5.91 Å². The molecule has 1 amide bonds. The van der Waals surface area contributed by atoms with Gasteiger partial charge in [0.05, 0.1) is 0 Å². The zero-order valence-electron chi connectivity index (χ0n) is 10.9. The average Bonchev–Trinajstić information content (AvgIpc) is 2.47. The molecule has 0 spiro atoms. The van der Waals surface area contributed by atoms with Crippen molar-refractivity contribution in [2.45, 2.75) is 0 Å². The summed E-state index contributed by atoms with van der Waals surface area (Å²) in [5.41, 5.74) is 0.762. The Bertz CT molecular complexity index is 674. The second-order valence-corrected chi connectivity index (χ2v) is 4.83. The highest BCUT2D eigenvalue weighted by Gasteiger charge is 2.02. The Morgan fingerprint density at radius 2 is 1.95 bits per heavy atom. The standard InChI is InChI=1S/C15H12ClN3OS/c16-12-6-2-1-5-11(12)8-9-14(20)19-15(21)18-13-7-3-4-10-17-13/h1-10H,(H2,17,18,19,20,21)/b9-8+. The maximum absolute atomic E-state index is 11.7. The van der Waals surface area contributed by atoms with Crippen molar-refractivity contribution in [3.05, 3.63) is 65.3 Å². The van der Waals surface area contributed by atoms with Crippen molar-refractivity contribution in [2.24, 2.45) is 0 Å². The fourth-order valence-electron chi connectivity index (χ4n) is 1.51. The first-order valence-electron chi connectivity index (χ1n) is 6.11. The first-order valence-corrected chi connectivity index (χ1v) is 6.89. The van der Waals surface area contributed by atoms with Gasteiger partial charge in [-0.05, 0) is 42.1 Å². The molecular formula is C15H12ClN3OS. The first kappa shape index (κ1) is 15.2. The van der Waals surface area contributed by atoms with Gasteiger partial charge in [-0.2, -0.15) is 0 Å². The minimum absolute atomic E-state index is 0.183. The number of hydrogen-bond donors (Lipinski definition) is 2. The lowest BCUT2D eigenvalue weighted by Crippen LogP contribution is -2.33. The number of amides is 1. The van der Waals surface area contributed by atoms with Gasteiger partial charge in [0.15, 0.2) is 5.11 Å². The first-order chi connectivity index (χ1) is 10.1. The van der Waals surface area contributed by atoms with Gasteiger partial charge >= 0.3 is 0 Å². The van der Waals surface area contributed by atoms with Gasteiger partial charge in [-0.15, -0.1) is 0 Å². The Morgan fingerprint density at radius 1 is 1.19 bits per heavy atom. The SMILES string of the molecule is O=C(/C=C/c1ccccc1Cl)NC(=S)Nc1ccccn1. The number of benzene rings is 1. The molecule has 4 nitrogen and oxygen atoms in total. The maximum atomic E-state index is 11.7. The monoisotopic (exact) mass is 317 g/mol. The average molecular weight is 318 g/mol. The number of carbonyl (C=O) groups is 1. The fourth-order valence-corrected chi connectivity index (χ4v) is 1.92. The molecule has 0 aliphatic rings. The van der Waals surface area contributed by atoms with Crippen molar-refractivity contribution < 1.29 is 4.79 Å². The molecule has 0 radical (unpaired) electrons. The van der Waals surface area contributed by atoms with Gasteiger partial charge in [0.1, 0.15) is 5.82 Å². The van der Waals surface area contributed by atoms with Crippen LogP contribution in [0.25, 0.3) is 6.08 Å². The quantitative estimate of drug-likeness (QED) is 0.674. The van der Waals surface area contributed by atoms with Crippen molar-refractivity contribution in [1.29, 1.82) is 0 Å². The summed E-state index contributed by atoms with van der Waals surface area (Å²) in [6, 6.07) is 12.6. The second-order valence-electron chi connectivity index (χ2n) is 4.01. The summed E-state index contributed by atoms with van der Waals surface area (Å²) in [5.74, 6) is 0.223. The van der Waals surface area contributed by atoms with Gasteiger partial charge in [0, 0.05) is 17.3 Å². The van der Waals surface area contributed by atoms with Crippen LogP contribution in [0.5, 0.6) is 0 Å².